The molecule has 1 N–H and O–H groups in total. The molecule has 0 spiro atoms. The molecule has 0 bridgehead atoms. The van der Waals surface area contributed by atoms with Crippen molar-refractivity contribution in [2.75, 3.05) is 0 Å². The van der Waals surface area contributed by atoms with E-state index in [9.17, 15) is 14.3 Å². The molecular formula is C16H11FO3. The van der Waals surface area contributed by atoms with E-state index in [-0.39, 0.29) is 22.6 Å². The molecule has 1 aliphatic rings. The van der Waals surface area contributed by atoms with Crippen LogP contribution < -0.4 is 4.74 Å². The molecule has 0 saturated carbocycles. The Bertz CT molecular complexity index is 747. The molecule has 0 aliphatic carbocycles. The normalized spacial score (nSPS) is 15.3. The van der Waals surface area contributed by atoms with Crippen molar-refractivity contribution in [1.82, 2.24) is 0 Å². The Morgan fingerprint density at radius 1 is 1.25 bits per heavy atom. The van der Waals surface area contributed by atoms with Crippen molar-refractivity contribution in [3.63, 3.8) is 0 Å². The van der Waals surface area contributed by atoms with Gasteiger partial charge in [-0.05, 0) is 36.8 Å². The lowest BCUT2D eigenvalue weighted by atomic mass is 10.1. The molecule has 0 saturated heterocycles. The zero-order valence-corrected chi connectivity index (χ0v) is 10.7. The fourth-order valence-electron chi connectivity index (χ4n) is 2.16. The van der Waals surface area contributed by atoms with E-state index in [1.807, 2.05) is 0 Å². The molecule has 0 radical (unpaired) electrons. The number of allylic oxidation sites excluding steroid dienone is 1. The molecule has 1 aliphatic heterocycles. The van der Waals surface area contributed by atoms with E-state index in [1.165, 1.54) is 18.2 Å². The molecule has 1 heterocycles. The van der Waals surface area contributed by atoms with Crippen LogP contribution in [0.2, 0.25) is 0 Å². The maximum atomic E-state index is 13.6. The number of fused-ring (bicyclic) bond motifs is 1. The average molecular weight is 270 g/mol. The van der Waals surface area contributed by atoms with E-state index in [1.54, 1.807) is 31.2 Å². The fourth-order valence-corrected chi connectivity index (χ4v) is 2.16. The molecule has 100 valence electrons. The summed E-state index contributed by atoms with van der Waals surface area (Å²) in [5, 5.41) is 9.82. The number of carbonyl (C=O) groups excluding carboxylic acids is 1. The maximum absolute atomic E-state index is 13.6. The van der Waals surface area contributed by atoms with E-state index in [2.05, 4.69) is 0 Å². The number of rotatable bonds is 1. The average Bonchev–Trinajstić information content (AvgIpc) is 2.69. The van der Waals surface area contributed by atoms with Gasteiger partial charge in [0.25, 0.3) is 0 Å². The fraction of sp³-hybridized carbons (Fsp3) is 0.0625. The number of phenols is 1. The second kappa shape index (κ2) is 4.49. The molecule has 3 nitrogen and oxygen atoms in total. The van der Waals surface area contributed by atoms with Gasteiger partial charge in [-0.2, -0.15) is 0 Å². The van der Waals surface area contributed by atoms with Crippen LogP contribution in [0.3, 0.4) is 0 Å². The molecule has 20 heavy (non-hydrogen) atoms. The van der Waals surface area contributed by atoms with Gasteiger partial charge in [-0.1, -0.05) is 18.2 Å². The summed E-state index contributed by atoms with van der Waals surface area (Å²) in [6.45, 7) is 1.78. The Balaban J connectivity index is 2.07. The summed E-state index contributed by atoms with van der Waals surface area (Å²) in [5.41, 5.74) is 1.17. The summed E-state index contributed by atoms with van der Waals surface area (Å²) in [7, 11) is 0. The van der Waals surface area contributed by atoms with Crippen molar-refractivity contribution in [3.05, 3.63) is 64.7 Å². The van der Waals surface area contributed by atoms with Crippen LogP contribution in [-0.4, -0.2) is 10.9 Å². The SMILES string of the molecule is Cc1cc(O)c2c(c1)O/C(=C\c1ccccc1F)C2=O. The lowest BCUT2D eigenvalue weighted by Crippen LogP contribution is -1.99. The first kappa shape index (κ1) is 12.4. The number of hydrogen-bond acceptors (Lipinski definition) is 3. The highest BCUT2D eigenvalue weighted by Crippen LogP contribution is 2.38. The number of halogens is 1. The van der Waals surface area contributed by atoms with E-state index < -0.39 is 11.6 Å². The molecule has 4 heteroatoms. The summed E-state index contributed by atoms with van der Waals surface area (Å²) in [5.74, 6) is -0.698. The van der Waals surface area contributed by atoms with Crippen LogP contribution in [-0.2, 0) is 0 Å². The zero-order chi connectivity index (χ0) is 14.3. The van der Waals surface area contributed by atoms with Crippen molar-refractivity contribution in [3.8, 4) is 11.5 Å². The van der Waals surface area contributed by atoms with Gasteiger partial charge in [-0.15, -0.1) is 0 Å². The van der Waals surface area contributed by atoms with Crippen LogP contribution in [0.25, 0.3) is 6.08 Å². The minimum atomic E-state index is -0.444. The molecule has 0 amide bonds. The van der Waals surface area contributed by atoms with Crippen molar-refractivity contribution in [2.24, 2.45) is 0 Å². The van der Waals surface area contributed by atoms with Gasteiger partial charge in [0, 0.05) is 5.56 Å². The minimum Gasteiger partial charge on any atom is -0.507 e. The summed E-state index contributed by atoms with van der Waals surface area (Å²) >= 11 is 0. The molecule has 0 atom stereocenters. The molecule has 2 aromatic rings. The molecular weight excluding hydrogens is 259 g/mol. The second-order valence-electron chi connectivity index (χ2n) is 4.62. The first-order chi connectivity index (χ1) is 9.56. The summed E-state index contributed by atoms with van der Waals surface area (Å²) < 4.78 is 19.0. The molecule has 2 aromatic carbocycles. The largest absolute Gasteiger partial charge is 0.507 e. The number of aromatic hydroxyl groups is 1. The molecule has 0 fully saturated rings. The predicted octanol–water partition coefficient (Wildman–Crippen LogP) is 3.46. The third kappa shape index (κ3) is 1.95. The van der Waals surface area contributed by atoms with Crippen LogP contribution in [0.1, 0.15) is 21.5 Å². The topological polar surface area (TPSA) is 46.5 Å². The van der Waals surface area contributed by atoms with Gasteiger partial charge < -0.3 is 9.84 Å². The van der Waals surface area contributed by atoms with Gasteiger partial charge in [0.15, 0.2) is 5.76 Å². The van der Waals surface area contributed by atoms with Gasteiger partial charge in [-0.25, -0.2) is 4.39 Å². The number of ketones is 1. The van der Waals surface area contributed by atoms with Crippen LogP contribution >= 0.6 is 0 Å². The number of hydrogen-bond donors (Lipinski definition) is 1. The third-order valence-corrected chi connectivity index (χ3v) is 3.09. The van der Waals surface area contributed by atoms with E-state index >= 15 is 0 Å². The lowest BCUT2D eigenvalue weighted by molar-refractivity contribution is 0.101. The smallest absolute Gasteiger partial charge is 0.235 e. The van der Waals surface area contributed by atoms with Crippen LogP contribution in [0.15, 0.2) is 42.2 Å². The summed E-state index contributed by atoms with van der Waals surface area (Å²) in [4.78, 5) is 12.2. The number of aryl methyl sites for hydroxylation is 1. The molecule has 0 aromatic heterocycles. The van der Waals surface area contributed by atoms with Crippen molar-refractivity contribution >= 4 is 11.9 Å². The highest BCUT2D eigenvalue weighted by atomic mass is 19.1. The Morgan fingerprint density at radius 2 is 2.00 bits per heavy atom. The number of ether oxygens (including phenoxy) is 1. The van der Waals surface area contributed by atoms with Crippen molar-refractivity contribution in [1.29, 1.82) is 0 Å². The van der Waals surface area contributed by atoms with Gasteiger partial charge in [0.1, 0.15) is 22.9 Å². The Hall–Kier alpha value is -2.62. The van der Waals surface area contributed by atoms with E-state index in [4.69, 9.17) is 4.74 Å². The van der Waals surface area contributed by atoms with Crippen molar-refractivity contribution < 1.29 is 19.0 Å². The number of phenolic OH excluding ortho intramolecular Hbond substituents is 1. The second-order valence-corrected chi connectivity index (χ2v) is 4.62. The van der Waals surface area contributed by atoms with Crippen LogP contribution in [0, 0.1) is 12.7 Å². The first-order valence-corrected chi connectivity index (χ1v) is 6.08. The number of carbonyl (C=O) groups is 1. The predicted molar refractivity (Wildman–Crippen MR) is 72.2 cm³/mol. The Morgan fingerprint density at radius 3 is 2.75 bits per heavy atom. The summed E-state index contributed by atoms with van der Waals surface area (Å²) in [6.07, 6.45) is 1.34. The van der Waals surface area contributed by atoms with Gasteiger partial charge >= 0.3 is 0 Å². The van der Waals surface area contributed by atoms with E-state index in [0.717, 1.165) is 5.56 Å². The standard InChI is InChI=1S/C16H11FO3/c1-9-6-12(18)15-13(7-9)20-14(16(15)19)8-10-4-2-3-5-11(10)17/h2-8,18H,1H3/b14-8-. The van der Waals surface area contributed by atoms with Crippen LogP contribution in [0.5, 0.6) is 11.5 Å². The highest BCUT2D eigenvalue weighted by Gasteiger charge is 2.30. The van der Waals surface area contributed by atoms with Gasteiger partial charge in [0.05, 0.1) is 0 Å². The van der Waals surface area contributed by atoms with Crippen LogP contribution in [0.4, 0.5) is 4.39 Å². The maximum Gasteiger partial charge on any atom is 0.235 e. The monoisotopic (exact) mass is 270 g/mol. The molecule has 3 rings (SSSR count). The number of benzene rings is 2. The first-order valence-electron chi connectivity index (χ1n) is 6.08. The summed E-state index contributed by atoms with van der Waals surface area (Å²) in [6, 6.07) is 9.25. The number of Topliss-reactive ketones (excluding diaryl/α,β-unsaturated/α-hetero) is 1. The lowest BCUT2D eigenvalue weighted by Gasteiger charge is -2.01. The van der Waals surface area contributed by atoms with Gasteiger partial charge in [0.2, 0.25) is 5.78 Å². The quantitative estimate of drug-likeness (QED) is 0.807. The third-order valence-electron chi connectivity index (χ3n) is 3.09. The Kier molecular flexibility index (Phi) is 2.79. The highest BCUT2D eigenvalue weighted by molar-refractivity contribution is 6.16. The van der Waals surface area contributed by atoms with Crippen molar-refractivity contribution in [2.45, 2.75) is 6.92 Å². The zero-order valence-electron chi connectivity index (χ0n) is 10.7. The Labute approximate surface area is 114 Å². The minimum absolute atomic E-state index is 0.00556. The van der Waals surface area contributed by atoms with Gasteiger partial charge in [-0.3, -0.25) is 4.79 Å². The van der Waals surface area contributed by atoms with E-state index in [0.29, 0.717) is 5.75 Å². The molecule has 0 unspecified atom stereocenters.